The average molecular weight is 174 g/mol. The van der Waals surface area contributed by atoms with Crippen molar-refractivity contribution in [1.29, 1.82) is 0 Å². The van der Waals surface area contributed by atoms with E-state index in [-0.39, 0.29) is 0 Å². The van der Waals surface area contributed by atoms with E-state index < -0.39 is 11.7 Å². The van der Waals surface area contributed by atoms with Crippen molar-refractivity contribution in [2.75, 3.05) is 6.54 Å². The molecule has 0 aromatic rings. The molecule has 0 aliphatic rings. The molecule has 12 heavy (non-hydrogen) atoms. The zero-order chi connectivity index (χ0) is 9.78. The first-order valence-corrected chi connectivity index (χ1v) is 4.12. The lowest BCUT2D eigenvalue weighted by Gasteiger charge is -2.23. The van der Waals surface area contributed by atoms with Crippen molar-refractivity contribution in [1.82, 2.24) is 5.01 Å². The minimum atomic E-state index is -0.470. The molecular weight excluding hydrogens is 156 g/mol. The Morgan fingerprint density at radius 1 is 1.50 bits per heavy atom. The molecule has 0 fully saturated rings. The summed E-state index contributed by atoms with van der Waals surface area (Å²) in [7, 11) is 0. The van der Waals surface area contributed by atoms with Crippen molar-refractivity contribution in [3.63, 3.8) is 0 Å². The van der Waals surface area contributed by atoms with Crippen LogP contribution in [0, 0.1) is 0 Å². The zero-order valence-corrected chi connectivity index (χ0v) is 8.26. The highest BCUT2D eigenvalue weighted by Gasteiger charge is 2.19. The predicted molar refractivity (Wildman–Crippen MR) is 47.4 cm³/mol. The standard InChI is InChI=1S/C8H18N2O2/c1-5-6-10(9)7(11)12-8(2,3)4/h5-6,9H2,1-4H3. The second kappa shape index (κ2) is 4.30. The summed E-state index contributed by atoms with van der Waals surface area (Å²) in [6.45, 7) is 7.90. The molecule has 4 heteroatoms. The maximum absolute atomic E-state index is 11.1. The Kier molecular flexibility index (Phi) is 4.03. The SMILES string of the molecule is CCCN(N)C(=O)OC(C)(C)C. The van der Waals surface area contributed by atoms with Crippen LogP contribution in [0.15, 0.2) is 0 Å². The number of hydrazine groups is 1. The van der Waals surface area contributed by atoms with E-state index in [1.165, 1.54) is 0 Å². The summed E-state index contributed by atoms with van der Waals surface area (Å²) in [5, 5.41) is 1.09. The van der Waals surface area contributed by atoms with Crippen molar-refractivity contribution < 1.29 is 9.53 Å². The van der Waals surface area contributed by atoms with Gasteiger partial charge in [0.25, 0.3) is 0 Å². The third kappa shape index (κ3) is 4.96. The second-order valence-corrected chi connectivity index (χ2v) is 3.67. The summed E-state index contributed by atoms with van der Waals surface area (Å²) in [5.41, 5.74) is -0.470. The van der Waals surface area contributed by atoms with Crippen molar-refractivity contribution in [3.05, 3.63) is 0 Å². The highest BCUT2D eigenvalue weighted by atomic mass is 16.6. The quantitative estimate of drug-likeness (QED) is 0.392. The number of rotatable bonds is 2. The third-order valence-corrected chi connectivity index (χ3v) is 1.09. The van der Waals surface area contributed by atoms with Gasteiger partial charge >= 0.3 is 6.09 Å². The van der Waals surface area contributed by atoms with Crippen LogP contribution in [-0.2, 0) is 4.74 Å². The van der Waals surface area contributed by atoms with E-state index in [2.05, 4.69) is 0 Å². The van der Waals surface area contributed by atoms with Crippen LogP contribution in [-0.4, -0.2) is 23.2 Å². The molecule has 0 radical (unpaired) electrons. The van der Waals surface area contributed by atoms with Crippen molar-refractivity contribution >= 4 is 6.09 Å². The average Bonchev–Trinajstić information content (AvgIpc) is 1.84. The summed E-state index contributed by atoms with van der Waals surface area (Å²) in [5.74, 6) is 5.39. The lowest BCUT2D eigenvalue weighted by atomic mass is 10.2. The molecule has 0 aliphatic heterocycles. The van der Waals surface area contributed by atoms with E-state index in [1.807, 2.05) is 27.7 Å². The number of ether oxygens (including phenoxy) is 1. The van der Waals surface area contributed by atoms with E-state index in [1.54, 1.807) is 0 Å². The fraction of sp³-hybridized carbons (Fsp3) is 0.875. The van der Waals surface area contributed by atoms with Crippen LogP contribution in [0.3, 0.4) is 0 Å². The Balaban J connectivity index is 3.87. The maximum atomic E-state index is 11.1. The molecule has 0 rings (SSSR count). The normalized spacial score (nSPS) is 11.1. The zero-order valence-electron chi connectivity index (χ0n) is 8.26. The van der Waals surface area contributed by atoms with Gasteiger partial charge in [-0.25, -0.2) is 15.6 Å². The van der Waals surface area contributed by atoms with Gasteiger partial charge in [0.2, 0.25) is 0 Å². The van der Waals surface area contributed by atoms with Crippen LogP contribution < -0.4 is 5.84 Å². The largest absolute Gasteiger partial charge is 0.443 e. The number of hydrogen-bond donors (Lipinski definition) is 1. The molecule has 2 N–H and O–H groups in total. The van der Waals surface area contributed by atoms with Gasteiger partial charge < -0.3 is 4.74 Å². The van der Waals surface area contributed by atoms with Crippen molar-refractivity contribution in [2.45, 2.75) is 39.7 Å². The number of hydrogen-bond acceptors (Lipinski definition) is 3. The minimum Gasteiger partial charge on any atom is -0.443 e. The van der Waals surface area contributed by atoms with Gasteiger partial charge in [0.05, 0.1) is 0 Å². The lowest BCUT2D eigenvalue weighted by Crippen LogP contribution is -2.41. The van der Waals surface area contributed by atoms with E-state index in [9.17, 15) is 4.79 Å². The summed E-state index contributed by atoms with van der Waals surface area (Å²) in [4.78, 5) is 11.1. The fourth-order valence-corrected chi connectivity index (χ4v) is 0.653. The first-order valence-electron chi connectivity index (χ1n) is 4.12. The van der Waals surface area contributed by atoms with Gasteiger partial charge in [0.15, 0.2) is 0 Å². The number of carbonyl (C=O) groups is 1. The number of amides is 1. The van der Waals surface area contributed by atoms with Gasteiger partial charge in [-0.1, -0.05) is 6.92 Å². The van der Waals surface area contributed by atoms with Crippen molar-refractivity contribution in [2.24, 2.45) is 5.84 Å². The second-order valence-electron chi connectivity index (χ2n) is 3.67. The summed E-state index contributed by atoms with van der Waals surface area (Å²) < 4.78 is 5.01. The van der Waals surface area contributed by atoms with Crippen LogP contribution >= 0.6 is 0 Å². The van der Waals surface area contributed by atoms with Gasteiger partial charge in [0.1, 0.15) is 5.60 Å². The summed E-state index contributed by atoms with van der Waals surface area (Å²) in [6.07, 6.45) is 0.361. The van der Waals surface area contributed by atoms with Crippen LogP contribution in [0.2, 0.25) is 0 Å². The van der Waals surface area contributed by atoms with Gasteiger partial charge in [-0.15, -0.1) is 0 Å². The van der Waals surface area contributed by atoms with Gasteiger partial charge in [-0.05, 0) is 27.2 Å². The Bertz CT molecular complexity index is 152. The van der Waals surface area contributed by atoms with Crippen LogP contribution in [0.25, 0.3) is 0 Å². The van der Waals surface area contributed by atoms with Gasteiger partial charge in [0, 0.05) is 6.54 Å². The maximum Gasteiger partial charge on any atom is 0.424 e. The third-order valence-electron chi connectivity index (χ3n) is 1.09. The van der Waals surface area contributed by atoms with Gasteiger partial charge in [-0.2, -0.15) is 0 Å². The van der Waals surface area contributed by atoms with E-state index in [4.69, 9.17) is 10.6 Å². The predicted octanol–water partition coefficient (Wildman–Crippen LogP) is 1.51. The highest BCUT2D eigenvalue weighted by Crippen LogP contribution is 2.08. The Hall–Kier alpha value is -0.770. The first-order chi connectivity index (χ1) is 5.37. The molecule has 0 atom stereocenters. The van der Waals surface area contributed by atoms with Crippen LogP contribution in [0.4, 0.5) is 4.79 Å². The lowest BCUT2D eigenvalue weighted by molar-refractivity contribution is 0.0248. The molecule has 0 bridgehead atoms. The number of nitrogens with two attached hydrogens (primary N) is 1. The van der Waals surface area contributed by atoms with Crippen molar-refractivity contribution in [3.8, 4) is 0 Å². The summed E-state index contributed by atoms with van der Waals surface area (Å²) in [6, 6.07) is 0. The van der Waals surface area contributed by atoms with Crippen LogP contribution in [0.5, 0.6) is 0 Å². The molecule has 0 heterocycles. The Morgan fingerprint density at radius 2 is 2.00 bits per heavy atom. The molecule has 0 aliphatic carbocycles. The molecule has 0 spiro atoms. The number of carbonyl (C=O) groups excluding carboxylic acids is 1. The van der Waals surface area contributed by atoms with E-state index in [0.29, 0.717) is 6.54 Å². The molecule has 72 valence electrons. The van der Waals surface area contributed by atoms with E-state index in [0.717, 1.165) is 11.4 Å². The minimum absolute atomic E-state index is 0.468. The molecule has 0 saturated carbocycles. The monoisotopic (exact) mass is 174 g/mol. The van der Waals surface area contributed by atoms with Gasteiger partial charge in [-0.3, -0.25) is 0 Å². The molecule has 4 nitrogen and oxygen atoms in total. The summed E-state index contributed by atoms with van der Waals surface area (Å²) >= 11 is 0. The molecular formula is C8H18N2O2. The van der Waals surface area contributed by atoms with E-state index >= 15 is 0 Å². The highest BCUT2D eigenvalue weighted by molar-refractivity contribution is 5.67. The molecule has 0 aromatic heterocycles. The number of nitrogens with zero attached hydrogens (tertiary/aromatic N) is 1. The first kappa shape index (κ1) is 11.2. The fourth-order valence-electron chi connectivity index (χ4n) is 0.653. The smallest absolute Gasteiger partial charge is 0.424 e. The molecule has 0 saturated heterocycles. The molecule has 0 unspecified atom stereocenters. The van der Waals surface area contributed by atoms with Crippen LogP contribution in [0.1, 0.15) is 34.1 Å². The topological polar surface area (TPSA) is 55.6 Å². The molecule has 0 aromatic carbocycles. The molecule has 1 amide bonds. The Morgan fingerprint density at radius 3 is 2.33 bits per heavy atom. The Labute approximate surface area is 73.6 Å².